The molecule has 0 aliphatic carbocycles. The minimum Gasteiger partial charge on any atom is -0.508 e. The number of fused-ring (bicyclic) bond motifs is 1. The highest BCUT2D eigenvalue weighted by Crippen LogP contribution is 2.23. The van der Waals surface area contributed by atoms with Crippen LogP contribution in [0.15, 0.2) is 76.7 Å². The van der Waals surface area contributed by atoms with Crippen LogP contribution < -0.4 is 55.7 Å². The number of amides is 6. The van der Waals surface area contributed by atoms with E-state index in [4.69, 9.17) is 34.4 Å². The standard InChI is InChI=1S/C45H63N13O7/c1-26-20-31(59)21-27(2)32(26)24-33(46)40(62)55-35(15-9-18-53-45(50)51)42(64)57-37-23-29-12-6-7-13-30(29)25-58(43(37)65)19-16-38(60)54-34(14-8-17-52-44(48)49)41(63)56-36(39(47)61)22-28-10-4-3-5-11-28/h3-7,10-13,20-21,33-37,59H,8-9,14-19,22-25,46H2,1-2H3,(H2,47,61)(H,54,60)(H,55,62)(H,56,63)(H,57,64)(H4,48,49,52)(H4,50,51,53)/t33-,34-,35+,36-,37-/m0/s1. The van der Waals surface area contributed by atoms with Gasteiger partial charge in [-0.25, -0.2) is 0 Å². The van der Waals surface area contributed by atoms with Gasteiger partial charge in [0.25, 0.3) is 0 Å². The summed E-state index contributed by atoms with van der Waals surface area (Å²) in [6.45, 7) is 3.98. The Bertz CT molecular complexity index is 2190. The number of hydrogen-bond donors (Lipinski definition) is 11. The van der Waals surface area contributed by atoms with Gasteiger partial charge in [-0.2, -0.15) is 0 Å². The van der Waals surface area contributed by atoms with Crippen molar-refractivity contribution in [1.29, 1.82) is 0 Å². The second-order valence-electron chi connectivity index (χ2n) is 16.1. The number of phenolic OH excluding ortho intramolecular Hbond substituents is 1. The molecule has 0 bridgehead atoms. The molecule has 1 aliphatic heterocycles. The number of primary amides is 1. The average Bonchev–Trinajstić information content (AvgIpc) is 3.38. The van der Waals surface area contributed by atoms with Gasteiger partial charge in [-0.1, -0.05) is 54.6 Å². The number of aromatic hydroxyl groups is 1. The topological polar surface area (TPSA) is 355 Å². The van der Waals surface area contributed by atoms with Crippen molar-refractivity contribution in [3.63, 3.8) is 0 Å². The van der Waals surface area contributed by atoms with E-state index in [1.54, 1.807) is 50.2 Å². The molecule has 65 heavy (non-hydrogen) atoms. The van der Waals surface area contributed by atoms with Crippen molar-refractivity contribution in [2.24, 2.45) is 44.4 Å². The molecular formula is C45H63N13O7. The van der Waals surface area contributed by atoms with Crippen molar-refractivity contribution in [2.75, 3.05) is 19.6 Å². The van der Waals surface area contributed by atoms with Gasteiger partial charge in [0.15, 0.2) is 11.9 Å². The molecule has 3 aromatic rings. The Balaban J connectivity index is 1.49. The van der Waals surface area contributed by atoms with Crippen molar-refractivity contribution in [3.05, 3.63) is 100 Å². The predicted octanol–water partition coefficient (Wildman–Crippen LogP) is -1.37. The maximum atomic E-state index is 14.3. The number of guanidine groups is 2. The number of rotatable bonds is 23. The van der Waals surface area contributed by atoms with Gasteiger partial charge in [0.05, 0.1) is 6.04 Å². The van der Waals surface area contributed by atoms with Crippen LogP contribution in [-0.2, 0) is 54.6 Å². The molecule has 0 unspecified atom stereocenters. The summed E-state index contributed by atoms with van der Waals surface area (Å²) < 4.78 is 0. The van der Waals surface area contributed by atoms with E-state index in [9.17, 15) is 33.9 Å². The molecule has 0 radical (unpaired) electrons. The molecule has 0 saturated heterocycles. The van der Waals surface area contributed by atoms with Gasteiger partial charge in [-0.3, -0.25) is 38.8 Å². The van der Waals surface area contributed by atoms with Crippen LogP contribution in [0.1, 0.15) is 65.5 Å². The summed E-state index contributed by atoms with van der Waals surface area (Å²) in [5.74, 6) is -3.85. The molecule has 20 nitrogen and oxygen atoms in total. The third-order valence-corrected chi connectivity index (χ3v) is 11.0. The van der Waals surface area contributed by atoms with E-state index in [1.807, 2.05) is 30.3 Å². The zero-order valence-corrected chi connectivity index (χ0v) is 36.9. The number of nitrogens with zero attached hydrogens (tertiary/aromatic N) is 3. The van der Waals surface area contributed by atoms with Crippen LogP contribution >= 0.6 is 0 Å². The van der Waals surface area contributed by atoms with E-state index in [1.165, 1.54) is 4.90 Å². The Kier molecular flexibility index (Phi) is 19.1. The number of nitrogens with one attached hydrogen (secondary N) is 4. The Morgan fingerprint density at radius 3 is 1.88 bits per heavy atom. The Morgan fingerprint density at radius 2 is 1.29 bits per heavy atom. The average molecular weight is 898 g/mol. The fourth-order valence-electron chi connectivity index (χ4n) is 7.57. The van der Waals surface area contributed by atoms with E-state index < -0.39 is 65.7 Å². The molecule has 1 heterocycles. The molecule has 17 N–H and O–H groups in total. The summed E-state index contributed by atoms with van der Waals surface area (Å²) in [5, 5.41) is 21.0. The van der Waals surface area contributed by atoms with E-state index in [0.717, 1.165) is 33.4 Å². The SMILES string of the molecule is Cc1cc(O)cc(C)c1C[C@H](N)C(=O)N[C@H](CCCN=C(N)N)C(=O)N[C@H]1Cc2ccccc2CN(CCC(=O)N[C@@H](CCCN=C(N)N)C(=O)N[C@@H](Cc2ccccc2)C(N)=O)C1=O. The smallest absolute Gasteiger partial charge is 0.245 e. The first-order valence-corrected chi connectivity index (χ1v) is 21.5. The lowest BCUT2D eigenvalue weighted by Crippen LogP contribution is -2.56. The monoisotopic (exact) mass is 897 g/mol. The summed E-state index contributed by atoms with van der Waals surface area (Å²) in [6.07, 6.45) is 0.985. The number of aliphatic imine (C=N–C) groups is 2. The van der Waals surface area contributed by atoms with Crippen LogP contribution in [-0.4, -0.2) is 107 Å². The number of hydrogen-bond acceptors (Lipinski definition) is 10. The lowest BCUT2D eigenvalue weighted by molar-refractivity contribution is -0.138. The highest BCUT2D eigenvalue weighted by atomic mass is 16.3. The highest BCUT2D eigenvalue weighted by Gasteiger charge is 2.34. The molecular weight excluding hydrogens is 835 g/mol. The van der Waals surface area contributed by atoms with Crippen LogP contribution in [0.5, 0.6) is 5.75 Å². The molecule has 0 aromatic heterocycles. The lowest BCUT2D eigenvalue weighted by Gasteiger charge is -2.27. The number of carbonyl (C=O) groups is 6. The molecule has 3 aromatic carbocycles. The van der Waals surface area contributed by atoms with E-state index >= 15 is 0 Å². The predicted molar refractivity (Wildman–Crippen MR) is 246 cm³/mol. The minimum atomic E-state index is -1.13. The molecule has 4 rings (SSSR count). The first-order chi connectivity index (χ1) is 30.9. The van der Waals surface area contributed by atoms with Crippen LogP contribution in [0, 0.1) is 13.8 Å². The van der Waals surface area contributed by atoms with Crippen LogP contribution in [0.3, 0.4) is 0 Å². The number of aryl methyl sites for hydroxylation is 2. The zero-order chi connectivity index (χ0) is 47.6. The van der Waals surface area contributed by atoms with E-state index in [2.05, 4.69) is 31.3 Å². The second-order valence-corrected chi connectivity index (χ2v) is 16.1. The first-order valence-electron chi connectivity index (χ1n) is 21.5. The lowest BCUT2D eigenvalue weighted by atomic mass is 9.95. The Morgan fingerprint density at radius 1 is 0.738 bits per heavy atom. The molecule has 20 heteroatoms. The van der Waals surface area contributed by atoms with Crippen LogP contribution in [0.25, 0.3) is 0 Å². The fraction of sp³-hybridized carbons (Fsp3) is 0.422. The summed E-state index contributed by atoms with van der Waals surface area (Å²) in [7, 11) is 0. The van der Waals surface area contributed by atoms with Gasteiger partial charge in [-0.15, -0.1) is 0 Å². The number of phenols is 1. The largest absolute Gasteiger partial charge is 0.508 e. The van der Waals surface area contributed by atoms with Crippen molar-refractivity contribution in [1.82, 2.24) is 26.2 Å². The molecule has 5 atom stereocenters. The van der Waals surface area contributed by atoms with Crippen molar-refractivity contribution in [2.45, 2.75) is 102 Å². The van der Waals surface area contributed by atoms with E-state index in [-0.39, 0.29) is 82.4 Å². The quantitative estimate of drug-likeness (QED) is 0.0298. The third kappa shape index (κ3) is 16.1. The first kappa shape index (κ1) is 50.4. The normalized spacial score (nSPS) is 15.2. The van der Waals surface area contributed by atoms with Gasteiger partial charge in [0.2, 0.25) is 35.4 Å². The minimum absolute atomic E-state index is 0.0880. The Hall–Kier alpha value is -7.22. The maximum Gasteiger partial charge on any atom is 0.245 e. The molecule has 6 amide bonds. The second kappa shape index (κ2) is 24.6. The van der Waals surface area contributed by atoms with Crippen molar-refractivity contribution < 1.29 is 33.9 Å². The van der Waals surface area contributed by atoms with Crippen LogP contribution in [0.2, 0.25) is 0 Å². The summed E-state index contributed by atoms with van der Waals surface area (Å²) in [4.78, 5) is 90.9. The Labute approximate surface area is 378 Å². The van der Waals surface area contributed by atoms with Gasteiger partial charge in [0, 0.05) is 45.4 Å². The number of carbonyl (C=O) groups excluding carboxylic acids is 6. The zero-order valence-electron chi connectivity index (χ0n) is 36.9. The number of nitrogens with two attached hydrogens (primary N) is 6. The molecule has 0 spiro atoms. The molecule has 1 aliphatic rings. The highest BCUT2D eigenvalue weighted by molar-refractivity contribution is 5.94. The van der Waals surface area contributed by atoms with Crippen molar-refractivity contribution >= 4 is 47.4 Å². The fourth-order valence-corrected chi connectivity index (χ4v) is 7.57. The van der Waals surface area contributed by atoms with E-state index in [0.29, 0.717) is 12.8 Å². The number of benzene rings is 3. The van der Waals surface area contributed by atoms with Crippen LogP contribution in [0.4, 0.5) is 0 Å². The van der Waals surface area contributed by atoms with Crippen molar-refractivity contribution in [3.8, 4) is 5.75 Å². The van der Waals surface area contributed by atoms with Gasteiger partial charge >= 0.3 is 0 Å². The maximum absolute atomic E-state index is 14.3. The molecule has 0 fully saturated rings. The summed E-state index contributed by atoms with van der Waals surface area (Å²) >= 11 is 0. The third-order valence-electron chi connectivity index (χ3n) is 11.0. The van der Waals surface area contributed by atoms with Gasteiger partial charge in [-0.05, 0) is 91.5 Å². The molecule has 350 valence electrons. The van der Waals surface area contributed by atoms with Gasteiger partial charge in [0.1, 0.15) is 29.9 Å². The summed E-state index contributed by atoms with van der Waals surface area (Å²) in [6, 6.07) is 14.0. The molecule has 0 saturated carbocycles. The van der Waals surface area contributed by atoms with Gasteiger partial charge < -0.3 is 65.7 Å². The summed E-state index contributed by atoms with van der Waals surface area (Å²) in [5.41, 5.74) is 38.6.